The van der Waals surface area contributed by atoms with Crippen molar-refractivity contribution >= 4 is 46.6 Å². The van der Waals surface area contributed by atoms with Gasteiger partial charge < -0.3 is 10.2 Å². The van der Waals surface area contributed by atoms with Crippen LogP contribution in [-0.2, 0) is 15.1 Å². The minimum Gasteiger partial charge on any atom is -0.323 e. The summed E-state index contributed by atoms with van der Waals surface area (Å²) in [7, 11) is 0. The average molecular weight is 446 g/mol. The lowest BCUT2D eigenvalue weighted by molar-refractivity contribution is -0.136. The molecule has 0 unspecified atom stereocenters. The third-order valence-electron chi connectivity index (χ3n) is 6.44. The summed E-state index contributed by atoms with van der Waals surface area (Å²) in [6.45, 7) is 2.47. The van der Waals surface area contributed by atoms with Crippen molar-refractivity contribution in [3.05, 3.63) is 58.9 Å². The molecule has 8 heteroatoms. The highest BCUT2D eigenvalue weighted by Gasteiger charge is 2.67. The van der Waals surface area contributed by atoms with E-state index in [-0.39, 0.29) is 28.6 Å². The van der Waals surface area contributed by atoms with Crippen molar-refractivity contribution in [2.75, 3.05) is 28.4 Å². The number of nitrogens with one attached hydrogen (secondary N) is 1. The van der Waals surface area contributed by atoms with Crippen LogP contribution < -0.4 is 10.2 Å². The van der Waals surface area contributed by atoms with E-state index in [9.17, 15) is 14.0 Å². The summed E-state index contributed by atoms with van der Waals surface area (Å²) >= 11 is 7.62. The predicted molar refractivity (Wildman–Crippen MR) is 117 cm³/mol. The highest BCUT2D eigenvalue weighted by molar-refractivity contribution is 7.99. The number of carbonyl (C=O) groups excluding carboxylic acids is 2. The molecule has 3 heterocycles. The van der Waals surface area contributed by atoms with Crippen LogP contribution in [0.3, 0.4) is 0 Å². The van der Waals surface area contributed by atoms with E-state index in [4.69, 9.17) is 11.6 Å². The first kappa shape index (κ1) is 19.8. The monoisotopic (exact) mass is 445 g/mol. The van der Waals surface area contributed by atoms with E-state index in [0.29, 0.717) is 18.8 Å². The van der Waals surface area contributed by atoms with Gasteiger partial charge >= 0.3 is 0 Å². The first-order valence-corrected chi connectivity index (χ1v) is 11.5. The molecule has 5 nitrogen and oxygen atoms in total. The molecule has 3 aliphatic rings. The highest BCUT2D eigenvalue weighted by Crippen LogP contribution is 2.57. The van der Waals surface area contributed by atoms with Gasteiger partial charge in [-0.2, -0.15) is 0 Å². The van der Waals surface area contributed by atoms with Crippen molar-refractivity contribution < 1.29 is 14.0 Å². The molecule has 2 fully saturated rings. The van der Waals surface area contributed by atoms with E-state index in [0.717, 1.165) is 17.0 Å². The molecule has 0 radical (unpaired) electrons. The smallest absolute Gasteiger partial charge is 0.253 e. The zero-order chi connectivity index (χ0) is 21.0. The van der Waals surface area contributed by atoms with Gasteiger partial charge in [-0.3, -0.25) is 14.5 Å². The number of hydrogen-bond donors (Lipinski definition) is 1. The molecule has 0 saturated carbocycles. The van der Waals surface area contributed by atoms with Crippen LogP contribution in [0.4, 0.5) is 15.8 Å². The Bertz CT molecular complexity index is 1050. The minimum absolute atomic E-state index is 0.0621. The van der Waals surface area contributed by atoms with Crippen molar-refractivity contribution in [2.24, 2.45) is 5.92 Å². The van der Waals surface area contributed by atoms with Gasteiger partial charge in [0.05, 0.1) is 11.6 Å². The Morgan fingerprint density at radius 2 is 2.13 bits per heavy atom. The van der Waals surface area contributed by atoms with E-state index in [1.54, 1.807) is 16.7 Å². The quantitative estimate of drug-likeness (QED) is 0.773. The maximum Gasteiger partial charge on any atom is 0.253 e. The molecule has 30 heavy (non-hydrogen) atoms. The Hall–Kier alpha value is -2.09. The summed E-state index contributed by atoms with van der Waals surface area (Å²) in [6, 6.07) is 12.0. The maximum absolute atomic E-state index is 14.3. The van der Waals surface area contributed by atoms with Gasteiger partial charge in [0, 0.05) is 40.5 Å². The van der Waals surface area contributed by atoms with Crippen molar-refractivity contribution in [3.8, 4) is 0 Å². The topological polar surface area (TPSA) is 52.7 Å². The lowest BCUT2D eigenvalue weighted by Crippen LogP contribution is -2.55. The van der Waals surface area contributed by atoms with Crippen LogP contribution in [0, 0.1) is 11.7 Å². The molecule has 156 valence electrons. The van der Waals surface area contributed by atoms with Crippen LogP contribution in [0.5, 0.6) is 0 Å². The molecule has 3 atom stereocenters. The lowest BCUT2D eigenvalue weighted by atomic mass is 9.78. The van der Waals surface area contributed by atoms with Gasteiger partial charge in [0.15, 0.2) is 0 Å². The molecule has 2 saturated heterocycles. The fourth-order valence-corrected chi connectivity index (χ4v) is 6.67. The lowest BCUT2D eigenvalue weighted by Gasteiger charge is -2.36. The molecule has 0 aromatic heterocycles. The highest BCUT2D eigenvalue weighted by atomic mass is 35.5. The molecular formula is C22H21ClFN3O2S. The number of carbonyl (C=O) groups is 2. The number of amides is 2. The number of para-hydroxylation sites is 1. The van der Waals surface area contributed by atoms with E-state index in [1.807, 2.05) is 31.2 Å². The molecule has 2 amide bonds. The summed E-state index contributed by atoms with van der Waals surface area (Å²) in [6.07, 6.45) is 0.561. The minimum atomic E-state index is -1.05. The second-order valence-electron chi connectivity index (χ2n) is 7.86. The first-order chi connectivity index (χ1) is 14.5. The fourth-order valence-electron chi connectivity index (χ4n) is 5.21. The van der Waals surface area contributed by atoms with Crippen LogP contribution in [0.25, 0.3) is 0 Å². The third kappa shape index (κ3) is 2.65. The molecule has 1 N–H and O–H groups in total. The molecule has 2 aromatic carbocycles. The molecule has 1 spiro atoms. The fraction of sp³-hybridized carbons (Fsp3) is 0.364. The van der Waals surface area contributed by atoms with Gasteiger partial charge in [-0.1, -0.05) is 29.8 Å². The number of rotatable bonds is 3. The number of anilines is 2. The Balaban J connectivity index is 1.60. The Labute approximate surface area is 183 Å². The van der Waals surface area contributed by atoms with Crippen LogP contribution >= 0.6 is 23.4 Å². The average Bonchev–Trinajstić information content (AvgIpc) is 3.37. The maximum atomic E-state index is 14.3. The van der Waals surface area contributed by atoms with Crippen LogP contribution in [-0.4, -0.2) is 40.9 Å². The predicted octanol–water partition coefficient (Wildman–Crippen LogP) is 4.07. The molecule has 0 aliphatic carbocycles. The second-order valence-corrected chi connectivity index (χ2v) is 9.29. The SMILES string of the molecule is CCN1C(=O)[C@]2(c3ccccc31)[C@@H](C(=O)Nc1ccc(Cl)cc1F)C[C@@H]1CSCN12. The largest absolute Gasteiger partial charge is 0.323 e. The number of fused-ring (bicyclic) bond motifs is 4. The second kappa shape index (κ2) is 7.25. The molecule has 5 rings (SSSR count). The number of hydrogen-bond acceptors (Lipinski definition) is 4. The van der Waals surface area contributed by atoms with Gasteiger partial charge in [-0.15, -0.1) is 11.8 Å². The summed E-state index contributed by atoms with van der Waals surface area (Å²) in [5.74, 6) is -0.0234. The standard InChI is InChI=1S/C22H21ClFN3O2S/c1-2-26-19-6-4-3-5-15(19)22(21(26)29)16(10-14-11-30-12-27(14)22)20(28)25-18-8-7-13(23)9-17(18)24/h3-9,14,16H,2,10-12H2,1H3,(H,25,28)/t14-,16-,22+/m1/s1. The Kier molecular flexibility index (Phi) is 4.80. The van der Waals surface area contributed by atoms with Crippen molar-refractivity contribution in [1.82, 2.24) is 4.90 Å². The van der Waals surface area contributed by atoms with Gasteiger partial charge in [-0.05, 0) is 37.6 Å². The van der Waals surface area contributed by atoms with Crippen LogP contribution in [0.15, 0.2) is 42.5 Å². The zero-order valence-corrected chi connectivity index (χ0v) is 18.0. The molecule has 3 aliphatic heterocycles. The summed E-state index contributed by atoms with van der Waals surface area (Å²) in [4.78, 5) is 31.3. The summed E-state index contributed by atoms with van der Waals surface area (Å²) in [5.41, 5.74) is 0.761. The van der Waals surface area contributed by atoms with Crippen LogP contribution in [0.2, 0.25) is 5.02 Å². The van der Waals surface area contributed by atoms with Gasteiger partial charge in [0.1, 0.15) is 11.4 Å². The van der Waals surface area contributed by atoms with E-state index < -0.39 is 17.3 Å². The molecular weight excluding hydrogens is 425 g/mol. The van der Waals surface area contributed by atoms with Crippen molar-refractivity contribution in [2.45, 2.75) is 24.9 Å². The Morgan fingerprint density at radius 3 is 2.90 bits per heavy atom. The van der Waals surface area contributed by atoms with Crippen LogP contribution in [0.1, 0.15) is 18.9 Å². The van der Waals surface area contributed by atoms with Gasteiger partial charge in [-0.25, -0.2) is 4.39 Å². The van der Waals surface area contributed by atoms with Crippen molar-refractivity contribution in [1.29, 1.82) is 0 Å². The normalized spacial score (nSPS) is 27.6. The summed E-state index contributed by atoms with van der Waals surface area (Å²) < 4.78 is 14.3. The Morgan fingerprint density at radius 1 is 1.33 bits per heavy atom. The molecule has 0 bridgehead atoms. The van der Waals surface area contributed by atoms with Crippen molar-refractivity contribution in [3.63, 3.8) is 0 Å². The summed E-state index contributed by atoms with van der Waals surface area (Å²) in [5, 5.41) is 2.99. The molecule has 2 aromatic rings. The number of benzene rings is 2. The first-order valence-electron chi connectivity index (χ1n) is 10.00. The van der Waals surface area contributed by atoms with E-state index >= 15 is 0 Å². The number of nitrogens with zero attached hydrogens (tertiary/aromatic N) is 2. The van der Waals surface area contributed by atoms with Gasteiger partial charge in [0.2, 0.25) is 5.91 Å². The van der Waals surface area contributed by atoms with E-state index in [2.05, 4.69) is 10.2 Å². The number of halogens is 2. The van der Waals surface area contributed by atoms with Gasteiger partial charge in [0.25, 0.3) is 5.91 Å². The third-order valence-corrected chi connectivity index (χ3v) is 7.76. The number of thioether (sulfide) groups is 1. The van der Waals surface area contributed by atoms with E-state index in [1.165, 1.54) is 18.2 Å². The number of likely N-dealkylation sites (N-methyl/N-ethyl adjacent to an activating group) is 1. The zero-order valence-electron chi connectivity index (χ0n) is 16.4.